The lowest BCUT2D eigenvalue weighted by atomic mass is 9.69. The van der Waals surface area contributed by atoms with Gasteiger partial charge < -0.3 is 10.3 Å². The van der Waals surface area contributed by atoms with Crippen LogP contribution in [0.1, 0.15) is 36.3 Å². The summed E-state index contributed by atoms with van der Waals surface area (Å²) in [5.41, 5.74) is 8.73. The molecule has 2 heterocycles. The summed E-state index contributed by atoms with van der Waals surface area (Å²) in [6.45, 7) is 4.59. The molecule has 2 aromatic rings. The van der Waals surface area contributed by atoms with Crippen molar-refractivity contribution in [3.05, 3.63) is 29.3 Å². The summed E-state index contributed by atoms with van der Waals surface area (Å²) in [7, 11) is 0. The van der Waals surface area contributed by atoms with Gasteiger partial charge in [-0.1, -0.05) is 17.6 Å². The van der Waals surface area contributed by atoms with Crippen molar-refractivity contribution in [1.29, 1.82) is 0 Å². The molecule has 1 fully saturated rings. The Morgan fingerprint density at radius 3 is 2.74 bits per heavy atom. The Kier molecular flexibility index (Phi) is 2.86. The van der Waals surface area contributed by atoms with E-state index in [0.29, 0.717) is 18.3 Å². The van der Waals surface area contributed by atoms with Crippen LogP contribution >= 0.6 is 0 Å². The quantitative estimate of drug-likeness (QED) is 0.912. The van der Waals surface area contributed by atoms with Crippen LogP contribution in [-0.4, -0.2) is 21.7 Å². The third-order valence-electron chi connectivity index (χ3n) is 4.01. The number of aryl methyl sites for hydroxylation is 2. The van der Waals surface area contributed by atoms with E-state index >= 15 is 0 Å². The Labute approximate surface area is 112 Å². The van der Waals surface area contributed by atoms with E-state index in [1.807, 2.05) is 20.0 Å². The number of aromatic nitrogens is 3. The summed E-state index contributed by atoms with van der Waals surface area (Å²) >= 11 is 0. The molecule has 3 rings (SSSR count). The molecule has 1 aliphatic carbocycles. The first kappa shape index (κ1) is 12.3. The first-order valence-corrected chi connectivity index (χ1v) is 6.62. The molecule has 0 radical (unpaired) electrons. The summed E-state index contributed by atoms with van der Waals surface area (Å²) in [4.78, 5) is 8.91. The SMILES string of the molecule is Cc1cnc(-c2noc(C3(CN)CCC3)n2)c(C)c1. The third kappa shape index (κ3) is 1.94. The minimum absolute atomic E-state index is 0.0934. The number of nitrogens with zero attached hydrogens (tertiary/aromatic N) is 3. The van der Waals surface area contributed by atoms with E-state index in [9.17, 15) is 0 Å². The Morgan fingerprint density at radius 2 is 2.16 bits per heavy atom. The van der Waals surface area contributed by atoms with Crippen LogP contribution < -0.4 is 5.73 Å². The molecule has 0 bridgehead atoms. The van der Waals surface area contributed by atoms with Crippen LogP contribution in [0.25, 0.3) is 11.5 Å². The summed E-state index contributed by atoms with van der Waals surface area (Å²) in [5, 5.41) is 4.07. The zero-order valence-corrected chi connectivity index (χ0v) is 11.3. The predicted octanol–water partition coefficient (Wildman–Crippen LogP) is 2.13. The molecule has 0 saturated heterocycles. The van der Waals surface area contributed by atoms with Crippen molar-refractivity contribution in [3.63, 3.8) is 0 Å². The van der Waals surface area contributed by atoms with E-state index in [4.69, 9.17) is 10.3 Å². The number of pyridine rings is 1. The molecular weight excluding hydrogens is 240 g/mol. The van der Waals surface area contributed by atoms with Crippen LogP contribution in [0.5, 0.6) is 0 Å². The molecule has 0 aromatic carbocycles. The number of nitrogens with two attached hydrogens (primary N) is 1. The fraction of sp³-hybridized carbons (Fsp3) is 0.500. The van der Waals surface area contributed by atoms with Gasteiger partial charge in [0.2, 0.25) is 11.7 Å². The standard InChI is InChI=1S/C14H18N4O/c1-9-6-10(2)11(16-7-9)12-17-13(19-18-12)14(8-15)4-3-5-14/h6-7H,3-5,8,15H2,1-2H3. The highest BCUT2D eigenvalue weighted by molar-refractivity contribution is 5.54. The smallest absolute Gasteiger partial charge is 0.234 e. The molecule has 2 aromatic heterocycles. The van der Waals surface area contributed by atoms with Crippen molar-refractivity contribution < 1.29 is 4.52 Å². The fourth-order valence-corrected chi connectivity index (χ4v) is 2.59. The summed E-state index contributed by atoms with van der Waals surface area (Å²) in [6.07, 6.45) is 5.06. The van der Waals surface area contributed by atoms with E-state index in [2.05, 4.69) is 21.2 Å². The van der Waals surface area contributed by atoms with Gasteiger partial charge >= 0.3 is 0 Å². The molecule has 0 aliphatic heterocycles. The van der Waals surface area contributed by atoms with Gasteiger partial charge in [0.25, 0.3) is 0 Å². The Bertz CT molecular complexity index is 596. The maximum Gasteiger partial charge on any atom is 0.234 e. The topological polar surface area (TPSA) is 77.8 Å². The van der Waals surface area contributed by atoms with Crippen molar-refractivity contribution in [1.82, 2.24) is 15.1 Å². The van der Waals surface area contributed by atoms with Gasteiger partial charge in [0.15, 0.2) is 0 Å². The first-order chi connectivity index (χ1) is 9.14. The average molecular weight is 258 g/mol. The average Bonchev–Trinajstić information content (AvgIpc) is 2.78. The van der Waals surface area contributed by atoms with Crippen LogP contribution in [0.15, 0.2) is 16.8 Å². The number of hydrogen-bond donors (Lipinski definition) is 1. The van der Waals surface area contributed by atoms with Crippen LogP contribution in [0, 0.1) is 13.8 Å². The first-order valence-electron chi connectivity index (χ1n) is 6.62. The van der Waals surface area contributed by atoms with Crippen molar-refractivity contribution in [2.45, 2.75) is 38.5 Å². The van der Waals surface area contributed by atoms with Crippen molar-refractivity contribution in [3.8, 4) is 11.5 Å². The lowest BCUT2D eigenvalue weighted by Crippen LogP contribution is -2.41. The molecule has 1 saturated carbocycles. The van der Waals surface area contributed by atoms with Crippen molar-refractivity contribution in [2.24, 2.45) is 5.73 Å². The fourth-order valence-electron chi connectivity index (χ4n) is 2.59. The van der Waals surface area contributed by atoms with Crippen LogP contribution in [0.2, 0.25) is 0 Å². The second kappa shape index (κ2) is 4.42. The van der Waals surface area contributed by atoms with Gasteiger partial charge in [0.1, 0.15) is 5.69 Å². The molecule has 0 atom stereocenters. The predicted molar refractivity (Wildman–Crippen MR) is 71.6 cm³/mol. The lowest BCUT2D eigenvalue weighted by molar-refractivity contribution is 0.182. The van der Waals surface area contributed by atoms with Gasteiger partial charge in [-0.15, -0.1) is 0 Å². The van der Waals surface area contributed by atoms with Gasteiger partial charge in [0, 0.05) is 12.7 Å². The van der Waals surface area contributed by atoms with Crippen LogP contribution in [-0.2, 0) is 5.41 Å². The highest BCUT2D eigenvalue weighted by atomic mass is 16.5. The Morgan fingerprint density at radius 1 is 1.37 bits per heavy atom. The van der Waals surface area contributed by atoms with Gasteiger partial charge in [-0.3, -0.25) is 4.98 Å². The molecule has 5 nitrogen and oxygen atoms in total. The summed E-state index contributed by atoms with van der Waals surface area (Å²) in [5.74, 6) is 1.23. The largest absolute Gasteiger partial charge is 0.338 e. The van der Waals surface area contributed by atoms with E-state index in [-0.39, 0.29) is 5.41 Å². The van der Waals surface area contributed by atoms with Crippen molar-refractivity contribution in [2.75, 3.05) is 6.54 Å². The Balaban J connectivity index is 1.97. The minimum Gasteiger partial charge on any atom is -0.338 e. The molecule has 0 spiro atoms. The van der Waals surface area contributed by atoms with E-state index in [1.165, 1.54) is 6.42 Å². The van der Waals surface area contributed by atoms with Gasteiger partial charge in [0.05, 0.1) is 5.41 Å². The third-order valence-corrected chi connectivity index (χ3v) is 4.01. The molecule has 1 aliphatic rings. The molecular formula is C14H18N4O. The van der Waals surface area contributed by atoms with Gasteiger partial charge in [-0.05, 0) is 37.8 Å². The maximum atomic E-state index is 5.86. The maximum absolute atomic E-state index is 5.86. The molecule has 5 heteroatoms. The minimum atomic E-state index is -0.0934. The zero-order chi connectivity index (χ0) is 13.5. The number of hydrogen-bond acceptors (Lipinski definition) is 5. The highest BCUT2D eigenvalue weighted by Gasteiger charge is 2.42. The van der Waals surface area contributed by atoms with Gasteiger partial charge in [-0.2, -0.15) is 4.98 Å². The number of rotatable bonds is 3. The molecule has 100 valence electrons. The monoisotopic (exact) mass is 258 g/mol. The van der Waals surface area contributed by atoms with Gasteiger partial charge in [-0.25, -0.2) is 0 Å². The summed E-state index contributed by atoms with van der Waals surface area (Å²) < 4.78 is 5.42. The second-order valence-electron chi connectivity index (χ2n) is 5.44. The van der Waals surface area contributed by atoms with Crippen molar-refractivity contribution >= 4 is 0 Å². The Hall–Kier alpha value is -1.75. The molecule has 0 amide bonds. The van der Waals surface area contributed by atoms with Crippen LogP contribution in [0.4, 0.5) is 0 Å². The molecule has 19 heavy (non-hydrogen) atoms. The molecule has 0 unspecified atom stereocenters. The molecule has 2 N–H and O–H groups in total. The lowest BCUT2D eigenvalue weighted by Gasteiger charge is -2.36. The zero-order valence-electron chi connectivity index (χ0n) is 11.3. The van der Waals surface area contributed by atoms with E-state index in [1.54, 1.807) is 0 Å². The highest BCUT2D eigenvalue weighted by Crippen LogP contribution is 2.42. The van der Waals surface area contributed by atoms with E-state index in [0.717, 1.165) is 29.7 Å². The summed E-state index contributed by atoms with van der Waals surface area (Å²) in [6, 6.07) is 2.07. The second-order valence-corrected chi connectivity index (χ2v) is 5.44. The normalized spacial score (nSPS) is 17.2. The van der Waals surface area contributed by atoms with E-state index < -0.39 is 0 Å². The van der Waals surface area contributed by atoms with Crippen LogP contribution in [0.3, 0.4) is 0 Å².